The molecule has 6 heteroatoms. The first-order valence-corrected chi connectivity index (χ1v) is 7.67. The summed E-state index contributed by atoms with van der Waals surface area (Å²) in [7, 11) is 1.56. The number of aromatic nitrogens is 1. The normalized spacial score (nSPS) is 11.6. The molecular weight excluding hydrogens is 346 g/mol. The van der Waals surface area contributed by atoms with Gasteiger partial charge in [0.1, 0.15) is 0 Å². The molecule has 1 aromatic heterocycles. The number of hydrogen-bond donors (Lipinski definition) is 2. The molecule has 1 aromatic carbocycles. The van der Waals surface area contributed by atoms with Gasteiger partial charge in [-0.25, -0.2) is 9.78 Å². The quantitative estimate of drug-likeness (QED) is 0.855. The predicted molar refractivity (Wildman–Crippen MR) is 88.7 cm³/mol. The molecule has 1 heterocycles. The number of carbonyl (C=O) groups excluding carboxylic acids is 1. The maximum absolute atomic E-state index is 12.0. The second-order valence-corrected chi connectivity index (χ2v) is 5.69. The van der Waals surface area contributed by atoms with Crippen LogP contribution in [0.4, 0.5) is 4.79 Å². The van der Waals surface area contributed by atoms with Crippen LogP contribution in [0.2, 0.25) is 0 Å². The zero-order valence-electron chi connectivity index (χ0n) is 12.5. The molecule has 0 radical (unpaired) electrons. The Kier molecular flexibility index (Phi) is 5.77. The van der Waals surface area contributed by atoms with Gasteiger partial charge >= 0.3 is 6.03 Å². The second kappa shape index (κ2) is 7.79. The summed E-state index contributed by atoms with van der Waals surface area (Å²) in [5.74, 6) is 0.517. The molecule has 2 N–H and O–H groups in total. The molecule has 22 heavy (non-hydrogen) atoms. The summed E-state index contributed by atoms with van der Waals surface area (Å²) in [5.41, 5.74) is 1.86. The van der Waals surface area contributed by atoms with Crippen LogP contribution >= 0.6 is 15.9 Å². The fourth-order valence-electron chi connectivity index (χ4n) is 2.02. The molecule has 5 nitrogen and oxygen atoms in total. The molecule has 0 bridgehead atoms. The molecule has 0 aliphatic carbocycles. The van der Waals surface area contributed by atoms with Crippen molar-refractivity contribution >= 4 is 22.0 Å². The first kappa shape index (κ1) is 16.3. The van der Waals surface area contributed by atoms with Crippen molar-refractivity contribution in [2.24, 2.45) is 0 Å². The molecule has 2 rings (SSSR count). The number of nitrogens with one attached hydrogen (secondary N) is 2. The summed E-state index contributed by atoms with van der Waals surface area (Å²) in [6, 6.07) is 11.2. The molecule has 0 unspecified atom stereocenters. The maximum atomic E-state index is 12.0. The molecular formula is C16H18BrN3O2. The van der Waals surface area contributed by atoms with Crippen molar-refractivity contribution < 1.29 is 9.53 Å². The minimum atomic E-state index is -0.238. The number of benzene rings is 1. The lowest BCUT2D eigenvalue weighted by Gasteiger charge is -2.15. The Morgan fingerprint density at radius 3 is 2.91 bits per heavy atom. The van der Waals surface area contributed by atoms with Gasteiger partial charge in [-0.1, -0.05) is 34.1 Å². The summed E-state index contributed by atoms with van der Waals surface area (Å²) in [6.45, 7) is 2.29. The minimum Gasteiger partial charge on any atom is -0.481 e. The minimum absolute atomic E-state index is 0.0895. The lowest BCUT2D eigenvalue weighted by Crippen LogP contribution is -2.36. The van der Waals surface area contributed by atoms with Crippen molar-refractivity contribution in [2.75, 3.05) is 7.11 Å². The number of halogens is 1. The average Bonchev–Trinajstić information content (AvgIpc) is 2.53. The van der Waals surface area contributed by atoms with Gasteiger partial charge in [0.25, 0.3) is 0 Å². The van der Waals surface area contributed by atoms with Crippen LogP contribution in [0.15, 0.2) is 47.1 Å². The number of amides is 2. The van der Waals surface area contributed by atoms with Crippen LogP contribution in [0.25, 0.3) is 0 Å². The fraction of sp³-hybridized carbons (Fsp3) is 0.250. The number of methoxy groups -OCH3 is 1. The van der Waals surface area contributed by atoms with E-state index in [0.29, 0.717) is 12.4 Å². The fourth-order valence-corrected chi connectivity index (χ4v) is 2.44. The van der Waals surface area contributed by atoms with E-state index in [1.807, 2.05) is 43.3 Å². The summed E-state index contributed by atoms with van der Waals surface area (Å²) < 4.78 is 6.14. The average molecular weight is 364 g/mol. The second-order valence-electron chi connectivity index (χ2n) is 4.78. The molecule has 0 aliphatic rings. The van der Waals surface area contributed by atoms with E-state index < -0.39 is 0 Å². The van der Waals surface area contributed by atoms with Crippen LogP contribution in [0.3, 0.4) is 0 Å². The number of carbonyl (C=O) groups is 1. The van der Waals surface area contributed by atoms with Crippen LogP contribution in [-0.2, 0) is 6.54 Å². The van der Waals surface area contributed by atoms with E-state index in [1.165, 1.54) is 0 Å². The molecule has 2 amide bonds. The topological polar surface area (TPSA) is 63.2 Å². The monoisotopic (exact) mass is 363 g/mol. The highest BCUT2D eigenvalue weighted by molar-refractivity contribution is 9.10. The zero-order valence-corrected chi connectivity index (χ0v) is 14.1. The lowest BCUT2D eigenvalue weighted by molar-refractivity contribution is 0.237. The van der Waals surface area contributed by atoms with Gasteiger partial charge in [0.15, 0.2) is 0 Å². The van der Waals surface area contributed by atoms with Crippen molar-refractivity contribution in [1.82, 2.24) is 15.6 Å². The van der Waals surface area contributed by atoms with E-state index in [0.717, 1.165) is 15.6 Å². The maximum Gasteiger partial charge on any atom is 0.315 e. The smallest absolute Gasteiger partial charge is 0.315 e. The van der Waals surface area contributed by atoms with Gasteiger partial charge in [0.05, 0.1) is 13.2 Å². The summed E-state index contributed by atoms with van der Waals surface area (Å²) in [4.78, 5) is 16.1. The van der Waals surface area contributed by atoms with E-state index in [9.17, 15) is 4.79 Å². The largest absolute Gasteiger partial charge is 0.481 e. The number of hydrogen-bond acceptors (Lipinski definition) is 3. The molecule has 1 atom stereocenters. The van der Waals surface area contributed by atoms with Crippen LogP contribution in [0.5, 0.6) is 5.88 Å². The molecule has 0 saturated heterocycles. The van der Waals surface area contributed by atoms with Gasteiger partial charge < -0.3 is 15.4 Å². The third-order valence-electron chi connectivity index (χ3n) is 3.18. The number of rotatable bonds is 5. The van der Waals surface area contributed by atoms with Gasteiger partial charge in [-0.3, -0.25) is 0 Å². The van der Waals surface area contributed by atoms with Crippen molar-refractivity contribution in [3.8, 4) is 5.88 Å². The third-order valence-corrected chi connectivity index (χ3v) is 3.67. The summed E-state index contributed by atoms with van der Waals surface area (Å²) in [5, 5.41) is 5.71. The molecule has 0 fully saturated rings. The zero-order chi connectivity index (χ0) is 15.9. The van der Waals surface area contributed by atoms with E-state index in [4.69, 9.17) is 4.74 Å². The van der Waals surface area contributed by atoms with Crippen molar-refractivity contribution in [2.45, 2.75) is 19.5 Å². The summed E-state index contributed by atoms with van der Waals surface area (Å²) in [6.07, 6.45) is 1.65. The molecule has 0 spiro atoms. The van der Waals surface area contributed by atoms with Crippen LogP contribution < -0.4 is 15.4 Å². The Hall–Kier alpha value is -2.08. The van der Waals surface area contributed by atoms with E-state index in [1.54, 1.807) is 13.3 Å². The number of urea groups is 1. The molecule has 116 valence electrons. The Balaban J connectivity index is 1.90. The molecule has 0 saturated carbocycles. The lowest BCUT2D eigenvalue weighted by atomic mass is 10.1. The third kappa shape index (κ3) is 4.46. The van der Waals surface area contributed by atoms with Crippen molar-refractivity contribution in [1.29, 1.82) is 0 Å². The van der Waals surface area contributed by atoms with Crippen LogP contribution in [0, 0.1) is 0 Å². The van der Waals surface area contributed by atoms with Crippen molar-refractivity contribution in [3.63, 3.8) is 0 Å². The van der Waals surface area contributed by atoms with E-state index in [-0.39, 0.29) is 12.1 Å². The first-order chi connectivity index (χ1) is 10.6. The van der Waals surface area contributed by atoms with Gasteiger partial charge in [-0.05, 0) is 30.7 Å². The van der Waals surface area contributed by atoms with Crippen LogP contribution in [0.1, 0.15) is 24.1 Å². The van der Waals surface area contributed by atoms with Crippen LogP contribution in [-0.4, -0.2) is 18.1 Å². The Morgan fingerprint density at radius 2 is 2.18 bits per heavy atom. The number of ether oxygens (including phenoxy) is 1. The predicted octanol–water partition coefficient (Wildman–Crippen LogP) is 3.41. The highest BCUT2D eigenvalue weighted by Crippen LogP contribution is 2.18. The molecule has 2 aromatic rings. The number of nitrogens with zero attached hydrogens (tertiary/aromatic N) is 1. The van der Waals surface area contributed by atoms with Crippen molar-refractivity contribution in [3.05, 3.63) is 58.2 Å². The van der Waals surface area contributed by atoms with E-state index >= 15 is 0 Å². The molecule has 0 aliphatic heterocycles. The summed E-state index contributed by atoms with van der Waals surface area (Å²) >= 11 is 3.42. The van der Waals surface area contributed by atoms with Gasteiger partial charge in [0, 0.05) is 22.8 Å². The Morgan fingerprint density at radius 1 is 1.36 bits per heavy atom. The SMILES string of the molecule is COc1ncccc1CNC(=O)N[C@@H](C)c1cccc(Br)c1. The highest BCUT2D eigenvalue weighted by atomic mass is 79.9. The Bertz CT molecular complexity index is 649. The van der Waals surface area contributed by atoms with Gasteiger partial charge in [-0.2, -0.15) is 0 Å². The van der Waals surface area contributed by atoms with Gasteiger partial charge in [-0.15, -0.1) is 0 Å². The number of pyridine rings is 1. The first-order valence-electron chi connectivity index (χ1n) is 6.88. The van der Waals surface area contributed by atoms with Gasteiger partial charge in [0.2, 0.25) is 5.88 Å². The highest BCUT2D eigenvalue weighted by Gasteiger charge is 2.10. The van der Waals surface area contributed by atoms with E-state index in [2.05, 4.69) is 31.5 Å². The standard InChI is InChI=1S/C16H18BrN3O2/c1-11(12-5-3-7-14(17)9-12)20-16(21)19-10-13-6-4-8-18-15(13)22-2/h3-9,11H,10H2,1-2H3,(H2,19,20,21)/t11-/m0/s1. The Labute approximate surface area is 138 Å².